The maximum atomic E-state index is 15.0. The number of halogens is 1. The van der Waals surface area contributed by atoms with E-state index in [1.54, 1.807) is 15.5 Å². The quantitative estimate of drug-likeness (QED) is 0.664. The molecule has 0 unspecified atom stereocenters. The van der Waals surface area contributed by atoms with Crippen LogP contribution in [-0.4, -0.2) is 52.6 Å². The van der Waals surface area contributed by atoms with Crippen molar-refractivity contribution in [3.63, 3.8) is 0 Å². The number of fused-ring (bicyclic) bond motifs is 1. The number of anilines is 1. The average molecular weight is 437 g/mol. The number of aryl methyl sites for hydroxylation is 1. The first-order chi connectivity index (χ1) is 15.4. The monoisotopic (exact) mass is 437 g/mol. The minimum Gasteiger partial charge on any atom is -0.477 e. The van der Waals surface area contributed by atoms with Gasteiger partial charge in [-0.05, 0) is 24.6 Å². The number of rotatable bonds is 5. The number of hydrogen-bond acceptors (Lipinski definition) is 4. The zero-order chi connectivity index (χ0) is 22.8. The summed E-state index contributed by atoms with van der Waals surface area (Å²) in [6.07, 6.45) is 1.63. The van der Waals surface area contributed by atoms with Crippen LogP contribution in [0.4, 0.5) is 10.1 Å². The molecule has 7 nitrogen and oxygen atoms in total. The van der Waals surface area contributed by atoms with E-state index >= 15 is 0 Å². The Labute approximate surface area is 184 Å². The topological polar surface area (TPSA) is 82.8 Å². The molecule has 1 aromatic heterocycles. The van der Waals surface area contributed by atoms with Crippen molar-refractivity contribution >= 4 is 28.5 Å². The molecule has 3 aromatic rings. The predicted molar refractivity (Wildman–Crippen MR) is 120 cm³/mol. The van der Waals surface area contributed by atoms with Crippen molar-refractivity contribution in [2.45, 2.75) is 19.9 Å². The first-order valence-electron chi connectivity index (χ1n) is 10.6. The largest absolute Gasteiger partial charge is 0.477 e. The smallest absolute Gasteiger partial charge is 0.341 e. The van der Waals surface area contributed by atoms with Crippen LogP contribution in [0.25, 0.3) is 10.9 Å². The highest BCUT2D eigenvalue weighted by molar-refractivity contribution is 5.93. The Morgan fingerprint density at radius 1 is 1.06 bits per heavy atom. The van der Waals surface area contributed by atoms with Gasteiger partial charge in [0.2, 0.25) is 11.3 Å². The summed E-state index contributed by atoms with van der Waals surface area (Å²) in [6.45, 7) is 4.14. The van der Waals surface area contributed by atoms with Gasteiger partial charge in [0.05, 0.1) is 17.6 Å². The summed E-state index contributed by atoms with van der Waals surface area (Å²) in [5.41, 5.74) is 0.716. The van der Waals surface area contributed by atoms with Crippen LogP contribution in [0.5, 0.6) is 0 Å². The number of amides is 1. The first-order valence-corrected chi connectivity index (χ1v) is 10.6. The summed E-state index contributed by atoms with van der Waals surface area (Å²) in [5, 5.41) is 9.33. The summed E-state index contributed by atoms with van der Waals surface area (Å²) in [7, 11) is 0. The van der Waals surface area contributed by atoms with Crippen molar-refractivity contribution in [1.29, 1.82) is 0 Å². The van der Waals surface area contributed by atoms with Gasteiger partial charge < -0.3 is 19.5 Å². The number of benzene rings is 2. The molecule has 1 amide bonds. The number of pyridine rings is 1. The normalized spacial score (nSPS) is 14.1. The molecule has 1 N–H and O–H groups in total. The molecule has 0 bridgehead atoms. The highest BCUT2D eigenvalue weighted by Gasteiger charge is 2.24. The maximum Gasteiger partial charge on any atom is 0.341 e. The Morgan fingerprint density at radius 2 is 1.75 bits per heavy atom. The molecular formula is C24H24FN3O4. The minimum absolute atomic E-state index is 0.0378. The van der Waals surface area contributed by atoms with Gasteiger partial charge in [0, 0.05) is 44.3 Å². The second kappa shape index (κ2) is 8.82. The molecular weight excluding hydrogens is 413 g/mol. The highest BCUT2D eigenvalue weighted by Crippen LogP contribution is 2.26. The van der Waals surface area contributed by atoms with Gasteiger partial charge in [0.1, 0.15) is 11.4 Å². The van der Waals surface area contributed by atoms with Crippen LogP contribution in [-0.2, 0) is 17.8 Å². The molecule has 0 saturated carbocycles. The van der Waals surface area contributed by atoms with Gasteiger partial charge in [-0.25, -0.2) is 9.18 Å². The van der Waals surface area contributed by atoms with Gasteiger partial charge in [0.15, 0.2) is 0 Å². The number of carbonyl (C=O) groups excluding carboxylic acids is 1. The van der Waals surface area contributed by atoms with E-state index in [0.717, 1.165) is 11.6 Å². The van der Waals surface area contributed by atoms with Crippen molar-refractivity contribution in [3.05, 3.63) is 75.8 Å². The van der Waals surface area contributed by atoms with E-state index in [1.165, 1.54) is 6.20 Å². The Morgan fingerprint density at radius 3 is 2.38 bits per heavy atom. The van der Waals surface area contributed by atoms with Crippen LogP contribution in [0.3, 0.4) is 0 Å². The van der Waals surface area contributed by atoms with E-state index in [0.29, 0.717) is 50.3 Å². The molecule has 0 spiro atoms. The molecule has 2 heterocycles. The van der Waals surface area contributed by atoms with Crippen LogP contribution in [0.15, 0.2) is 53.5 Å². The SMILES string of the molecule is CCn1cc(C(=O)O)c(=O)c2cc(F)c(N3CCN(C(=O)Cc4ccccc4)CC3)cc21. The van der Waals surface area contributed by atoms with E-state index in [4.69, 9.17) is 0 Å². The number of aromatic nitrogens is 1. The first kappa shape index (κ1) is 21.5. The van der Waals surface area contributed by atoms with E-state index in [-0.39, 0.29) is 16.9 Å². The van der Waals surface area contributed by atoms with Crippen LogP contribution in [0.1, 0.15) is 22.8 Å². The van der Waals surface area contributed by atoms with Crippen LogP contribution >= 0.6 is 0 Å². The number of aromatic carboxylic acids is 1. The maximum absolute atomic E-state index is 15.0. The van der Waals surface area contributed by atoms with E-state index in [1.807, 2.05) is 42.2 Å². The molecule has 1 aliphatic rings. The third-order valence-electron chi connectivity index (χ3n) is 5.89. The number of carbonyl (C=O) groups is 2. The van der Waals surface area contributed by atoms with Crippen molar-refractivity contribution in [1.82, 2.24) is 9.47 Å². The standard InChI is InChI=1S/C24H24FN3O4/c1-2-26-15-18(24(31)32)23(30)17-13-19(25)21(14-20(17)26)27-8-10-28(11-9-27)22(29)12-16-6-4-3-5-7-16/h3-7,13-15H,2,8-12H2,1H3,(H,31,32). The fourth-order valence-electron chi connectivity index (χ4n) is 4.13. The fraction of sp³-hybridized carbons (Fsp3) is 0.292. The third-order valence-corrected chi connectivity index (χ3v) is 5.89. The second-order valence-electron chi connectivity index (χ2n) is 7.81. The molecule has 8 heteroatoms. The molecule has 1 saturated heterocycles. The van der Waals surface area contributed by atoms with Crippen LogP contribution in [0, 0.1) is 5.82 Å². The molecule has 2 aromatic carbocycles. The van der Waals surface area contributed by atoms with E-state index in [2.05, 4.69) is 0 Å². The van der Waals surface area contributed by atoms with E-state index < -0.39 is 17.2 Å². The fourth-order valence-corrected chi connectivity index (χ4v) is 4.13. The van der Waals surface area contributed by atoms with Crippen LogP contribution < -0.4 is 10.3 Å². The summed E-state index contributed by atoms with van der Waals surface area (Å²) < 4.78 is 16.6. The molecule has 1 fully saturated rings. The average Bonchev–Trinajstić information content (AvgIpc) is 2.80. The lowest BCUT2D eigenvalue weighted by atomic mass is 10.1. The van der Waals surface area contributed by atoms with Gasteiger partial charge in [0.25, 0.3) is 0 Å². The Bertz CT molecular complexity index is 1230. The molecule has 0 atom stereocenters. The van der Waals surface area contributed by atoms with Gasteiger partial charge in [-0.15, -0.1) is 0 Å². The lowest BCUT2D eigenvalue weighted by molar-refractivity contribution is -0.130. The second-order valence-corrected chi connectivity index (χ2v) is 7.81. The predicted octanol–water partition coefficient (Wildman–Crippen LogP) is 2.75. The molecule has 166 valence electrons. The summed E-state index contributed by atoms with van der Waals surface area (Å²) in [6, 6.07) is 12.3. The van der Waals surface area contributed by atoms with Gasteiger partial charge in [-0.1, -0.05) is 30.3 Å². The Kier molecular flexibility index (Phi) is 5.94. The van der Waals surface area contributed by atoms with Crippen molar-refractivity contribution < 1.29 is 19.1 Å². The van der Waals surface area contributed by atoms with Crippen LogP contribution in [0.2, 0.25) is 0 Å². The third kappa shape index (κ3) is 4.08. The number of piperazine rings is 1. The number of carboxylic acid groups (broad SMARTS) is 1. The lowest BCUT2D eigenvalue weighted by Gasteiger charge is -2.36. The highest BCUT2D eigenvalue weighted by atomic mass is 19.1. The molecule has 4 rings (SSSR count). The summed E-state index contributed by atoms with van der Waals surface area (Å²) >= 11 is 0. The summed E-state index contributed by atoms with van der Waals surface area (Å²) in [4.78, 5) is 40.2. The van der Waals surface area contributed by atoms with Gasteiger partial charge in [-0.3, -0.25) is 9.59 Å². The zero-order valence-corrected chi connectivity index (χ0v) is 17.8. The lowest BCUT2D eigenvalue weighted by Crippen LogP contribution is -2.49. The van der Waals surface area contributed by atoms with E-state index in [9.17, 15) is 23.9 Å². The van der Waals surface area contributed by atoms with Gasteiger partial charge >= 0.3 is 5.97 Å². The van der Waals surface area contributed by atoms with Crippen molar-refractivity contribution in [2.24, 2.45) is 0 Å². The molecule has 0 radical (unpaired) electrons. The molecule has 1 aliphatic heterocycles. The minimum atomic E-state index is -1.33. The zero-order valence-electron chi connectivity index (χ0n) is 17.8. The van der Waals surface area contributed by atoms with Crippen molar-refractivity contribution in [3.8, 4) is 0 Å². The molecule has 0 aliphatic carbocycles. The Hall–Kier alpha value is -3.68. The Balaban J connectivity index is 1.56. The van der Waals surface area contributed by atoms with Gasteiger partial charge in [-0.2, -0.15) is 0 Å². The van der Waals surface area contributed by atoms with Crippen molar-refractivity contribution in [2.75, 3.05) is 31.1 Å². The molecule has 32 heavy (non-hydrogen) atoms. The number of hydrogen-bond donors (Lipinski definition) is 1. The number of nitrogens with zero attached hydrogens (tertiary/aromatic N) is 3. The summed E-state index contributed by atoms with van der Waals surface area (Å²) in [5.74, 6) is -1.88. The number of carboxylic acids is 1.